The summed E-state index contributed by atoms with van der Waals surface area (Å²) in [7, 11) is 0. The van der Waals surface area contributed by atoms with Crippen molar-refractivity contribution in [2.45, 2.75) is 84.7 Å². The van der Waals surface area contributed by atoms with E-state index in [1.54, 1.807) is 12.5 Å². The summed E-state index contributed by atoms with van der Waals surface area (Å²) in [5.74, 6) is 5.49. The van der Waals surface area contributed by atoms with E-state index in [2.05, 4.69) is 31.4 Å². The number of hydrogen-bond acceptors (Lipinski definition) is 4. The maximum atomic E-state index is 12.1. The highest BCUT2D eigenvalue weighted by molar-refractivity contribution is 5.93. The zero-order valence-corrected chi connectivity index (χ0v) is 21.7. The van der Waals surface area contributed by atoms with Crippen LogP contribution in [0.2, 0.25) is 0 Å². The largest absolute Gasteiger partial charge is 0.486 e. The molecule has 1 aromatic rings. The van der Waals surface area contributed by atoms with Crippen molar-refractivity contribution < 1.29 is 19.4 Å². The zero-order valence-electron chi connectivity index (χ0n) is 21.7. The van der Waals surface area contributed by atoms with E-state index in [0.717, 1.165) is 50.0 Å². The topological polar surface area (TPSA) is 55.8 Å². The third kappa shape index (κ3) is 4.45. The predicted molar refractivity (Wildman–Crippen MR) is 140 cm³/mol. The molecule has 4 aliphatic carbocycles. The smallest absolute Gasteiger partial charge is 0.165 e. The Labute approximate surface area is 210 Å². The summed E-state index contributed by atoms with van der Waals surface area (Å²) in [6, 6.07) is 6.27. The third-order valence-electron chi connectivity index (χ3n) is 8.65. The number of carbonyl (C=O) groups excluding carboxylic acids is 1. The number of rotatable bonds is 1. The second-order valence-electron chi connectivity index (χ2n) is 10.3. The number of aliphatic hydroxyl groups excluding tert-OH is 1. The second-order valence-corrected chi connectivity index (χ2v) is 10.3. The Bertz CT molecular complexity index is 1060. The van der Waals surface area contributed by atoms with Gasteiger partial charge in [0.05, 0.1) is 6.10 Å². The Balaban J connectivity index is 0.000000539. The van der Waals surface area contributed by atoms with Crippen molar-refractivity contribution in [3.8, 4) is 23.8 Å². The summed E-state index contributed by atoms with van der Waals surface area (Å²) in [6.07, 6.45) is 12.8. The van der Waals surface area contributed by atoms with Crippen LogP contribution in [0.1, 0.15) is 84.1 Å². The number of benzene rings is 1. The summed E-state index contributed by atoms with van der Waals surface area (Å²) >= 11 is 0. The van der Waals surface area contributed by atoms with E-state index in [0.29, 0.717) is 31.5 Å². The molecule has 188 valence electrons. The zero-order chi connectivity index (χ0) is 25.2. The van der Waals surface area contributed by atoms with E-state index >= 15 is 0 Å². The number of carbonyl (C=O) groups is 1. The molecule has 5 atom stereocenters. The molecular formula is C31H40O4. The van der Waals surface area contributed by atoms with Crippen LogP contribution in [-0.2, 0) is 4.79 Å². The SMILES string of the molecule is C#CC.CC.CC12CC(c3cccc4c3OCCO4)C3=C4CCC(=O)C=C4CCC3C1CCC2O. The van der Waals surface area contributed by atoms with Crippen molar-refractivity contribution in [2.75, 3.05) is 13.2 Å². The minimum atomic E-state index is -0.238. The number of ether oxygens (including phenoxy) is 2. The van der Waals surface area contributed by atoms with Gasteiger partial charge in [-0.15, -0.1) is 12.3 Å². The van der Waals surface area contributed by atoms with Crippen LogP contribution in [0.5, 0.6) is 11.5 Å². The maximum absolute atomic E-state index is 12.1. The van der Waals surface area contributed by atoms with Crippen molar-refractivity contribution in [2.24, 2.45) is 17.3 Å². The van der Waals surface area contributed by atoms with Gasteiger partial charge in [-0.3, -0.25) is 4.79 Å². The number of terminal acetylenes is 1. The normalized spacial score (nSPS) is 32.3. The standard InChI is InChI=1S/C26H30O4.C3H4.C2H6/c1-26-14-20(18-3-2-4-22-25(18)30-12-11-29-22)24-17-8-6-16(27)13-15(17)5-7-19(24)21(26)9-10-23(26)28;1-3-2;1-2/h2-4,13,19-21,23,28H,5-12,14H2,1H3;1H,2H3;1-2H3. The number of allylic oxidation sites excluding steroid dienone is 4. The van der Waals surface area contributed by atoms with E-state index in [-0.39, 0.29) is 23.2 Å². The quantitative estimate of drug-likeness (QED) is 0.478. The average Bonchev–Trinajstić information content (AvgIpc) is 3.18. The minimum absolute atomic E-state index is 0.0661. The van der Waals surface area contributed by atoms with Gasteiger partial charge in [-0.25, -0.2) is 0 Å². The lowest BCUT2D eigenvalue weighted by Gasteiger charge is -2.52. The molecule has 4 nitrogen and oxygen atoms in total. The van der Waals surface area contributed by atoms with E-state index in [1.165, 1.54) is 16.7 Å². The lowest BCUT2D eigenvalue weighted by atomic mass is 9.53. The molecule has 0 bridgehead atoms. The molecule has 4 heteroatoms. The summed E-state index contributed by atoms with van der Waals surface area (Å²) in [5, 5.41) is 11.0. The Morgan fingerprint density at radius 1 is 1.09 bits per heavy atom. The van der Waals surface area contributed by atoms with Crippen molar-refractivity contribution in [1.82, 2.24) is 0 Å². The summed E-state index contributed by atoms with van der Waals surface area (Å²) < 4.78 is 12.0. The van der Waals surface area contributed by atoms with Gasteiger partial charge in [0.25, 0.3) is 0 Å². The molecular weight excluding hydrogens is 436 g/mol. The van der Waals surface area contributed by atoms with Crippen LogP contribution in [-0.4, -0.2) is 30.2 Å². The van der Waals surface area contributed by atoms with Crippen molar-refractivity contribution in [1.29, 1.82) is 0 Å². The fourth-order valence-corrected chi connectivity index (χ4v) is 7.28. The number of para-hydroxylation sites is 1. The summed E-state index contributed by atoms with van der Waals surface area (Å²) in [6.45, 7) is 9.13. The first-order valence-electron chi connectivity index (χ1n) is 13.4. The van der Waals surface area contributed by atoms with Crippen LogP contribution in [0, 0.1) is 29.6 Å². The van der Waals surface area contributed by atoms with Crippen LogP contribution in [0.4, 0.5) is 0 Å². The van der Waals surface area contributed by atoms with Gasteiger partial charge in [0.1, 0.15) is 13.2 Å². The molecule has 0 spiro atoms. The van der Waals surface area contributed by atoms with Crippen LogP contribution < -0.4 is 9.47 Å². The molecule has 2 saturated carbocycles. The van der Waals surface area contributed by atoms with Gasteiger partial charge in [0.2, 0.25) is 0 Å². The van der Waals surface area contributed by atoms with Crippen molar-refractivity contribution in [3.05, 3.63) is 46.6 Å². The van der Waals surface area contributed by atoms with Crippen LogP contribution in [0.3, 0.4) is 0 Å². The first-order chi connectivity index (χ1) is 17.0. The average molecular weight is 477 g/mol. The lowest BCUT2D eigenvalue weighted by molar-refractivity contribution is -0.114. The monoisotopic (exact) mass is 476 g/mol. The fraction of sp³-hybridized carbons (Fsp3) is 0.581. The molecule has 1 aliphatic heterocycles. The van der Waals surface area contributed by atoms with Gasteiger partial charge in [-0.05, 0) is 86.0 Å². The molecule has 5 unspecified atom stereocenters. The van der Waals surface area contributed by atoms with Crippen molar-refractivity contribution in [3.63, 3.8) is 0 Å². The number of ketones is 1. The Morgan fingerprint density at radius 3 is 2.60 bits per heavy atom. The second kappa shape index (κ2) is 10.6. The van der Waals surface area contributed by atoms with Gasteiger partial charge in [0.15, 0.2) is 17.3 Å². The van der Waals surface area contributed by atoms with Gasteiger partial charge in [-0.2, -0.15) is 0 Å². The molecule has 1 N–H and O–H groups in total. The minimum Gasteiger partial charge on any atom is -0.486 e. The Hall–Kier alpha value is -2.51. The number of hydrogen-bond donors (Lipinski definition) is 1. The molecule has 0 aromatic heterocycles. The first kappa shape index (κ1) is 25.6. The van der Waals surface area contributed by atoms with Gasteiger partial charge in [0, 0.05) is 17.9 Å². The highest BCUT2D eigenvalue weighted by atomic mass is 16.6. The Kier molecular flexibility index (Phi) is 7.77. The summed E-state index contributed by atoms with van der Waals surface area (Å²) in [5.41, 5.74) is 5.39. The van der Waals surface area contributed by atoms with Gasteiger partial charge in [-0.1, -0.05) is 38.5 Å². The van der Waals surface area contributed by atoms with Crippen molar-refractivity contribution >= 4 is 5.78 Å². The lowest BCUT2D eigenvalue weighted by Crippen LogP contribution is -2.45. The Morgan fingerprint density at radius 2 is 1.83 bits per heavy atom. The maximum Gasteiger partial charge on any atom is 0.165 e. The number of aliphatic hydroxyl groups is 1. The first-order valence-corrected chi connectivity index (χ1v) is 13.4. The van der Waals surface area contributed by atoms with E-state index in [9.17, 15) is 9.90 Å². The van der Waals surface area contributed by atoms with Gasteiger partial charge < -0.3 is 14.6 Å². The molecule has 1 heterocycles. The van der Waals surface area contributed by atoms with Crippen LogP contribution in [0.15, 0.2) is 41.0 Å². The highest BCUT2D eigenvalue weighted by Gasteiger charge is 2.56. The number of fused-ring (bicyclic) bond motifs is 5. The highest BCUT2D eigenvalue weighted by Crippen LogP contribution is 2.64. The van der Waals surface area contributed by atoms with Crippen LogP contribution in [0.25, 0.3) is 0 Å². The van der Waals surface area contributed by atoms with Crippen LogP contribution >= 0.6 is 0 Å². The third-order valence-corrected chi connectivity index (χ3v) is 8.65. The van der Waals surface area contributed by atoms with E-state index in [4.69, 9.17) is 9.47 Å². The summed E-state index contributed by atoms with van der Waals surface area (Å²) in [4.78, 5) is 12.1. The molecule has 1 aromatic carbocycles. The van der Waals surface area contributed by atoms with E-state index < -0.39 is 0 Å². The molecule has 35 heavy (non-hydrogen) atoms. The van der Waals surface area contributed by atoms with E-state index in [1.807, 2.05) is 26.0 Å². The molecule has 6 rings (SSSR count). The predicted octanol–water partition coefficient (Wildman–Crippen LogP) is 6.38. The fourth-order valence-electron chi connectivity index (χ4n) is 7.28. The molecule has 0 radical (unpaired) electrons. The molecule has 2 fully saturated rings. The molecule has 0 amide bonds. The van der Waals surface area contributed by atoms with Gasteiger partial charge >= 0.3 is 0 Å². The molecule has 0 saturated heterocycles. The molecule has 5 aliphatic rings.